The molecular formula is C28H34N7O2+. The molecule has 3 heterocycles. The van der Waals surface area contributed by atoms with Crippen molar-refractivity contribution >= 4 is 16.6 Å². The number of methoxy groups -OCH3 is 1. The number of nitrogens with zero attached hydrogens (tertiary/aromatic N) is 5. The molecule has 6 rings (SSSR count). The number of anilines is 1. The number of pyridine rings is 1. The van der Waals surface area contributed by atoms with E-state index in [0.29, 0.717) is 6.04 Å². The molecule has 0 bridgehead atoms. The lowest BCUT2D eigenvalue weighted by atomic mass is 10.0. The summed E-state index contributed by atoms with van der Waals surface area (Å²) in [6.45, 7) is 5.55. The van der Waals surface area contributed by atoms with E-state index in [1.807, 2.05) is 29.8 Å². The summed E-state index contributed by atoms with van der Waals surface area (Å²) < 4.78 is 7.33. The van der Waals surface area contributed by atoms with Gasteiger partial charge >= 0.3 is 0 Å². The molecule has 2 aromatic heterocycles. The smallest absolute Gasteiger partial charge is 0.258 e. The van der Waals surface area contributed by atoms with E-state index in [4.69, 9.17) is 4.74 Å². The third-order valence-corrected chi connectivity index (χ3v) is 8.04. The average molecular weight is 501 g/mol. The number of hydrogen-bond donors (Lipinski definition) is 2. The Balaban J connectivity index is 1.36. The second-order valence-corrected chi connectivity index (χ2v) is 10.3. The molecule has 0 unspecified atom stereocenters. The largest absolute Gasteiger partial charge is 0.497 e. The van der Waals surface area contributed by atoms with E-state index < -0.39 is 0 Å². The van der Waals surface area contributed by atoms with Crippen LogP contribution in [0.5, 0.6) is 5.75 Å². The highest BCUT2D eigenvalue weighted by Gasteiger charge is 2.38. The normalized spacial score (nSPS) is 17.9. The van der Waals surface area contributed by atoms with Crippen LogP contribution < -0.4 is 20.1 Å². The predicted molar refractivity (Wildman–Crippen MR) is 142 cm³/mol. The number of aromatic nitrogens is 5. The fraction of sp³-hybridized carbons (Fsp3) is 0.429. The first kappa shape index (κ1) is 23.7. The summed E-state index contributed by atoms with van der Waals surface area (Å²) in [6.07, 6.45) is 4.55. The topological polar surface area (TPSA) is 93.4 Å². The van der Waals surface area contributed by atoms with Gasteiger partial charge in [-0.3, -0.25) is 4.79 Å². The summed E-state index contributed by atoms with van der Waals surface area (Å²) in [5, 5.41) is 14.1. The van der Waals surface area contributed by atoms with Crippen LogP contribution in [-0.2, 0) is 0 Å². The number of hydrogen-bond acceptors (Lipinski definition) is 6. The molecule has 2 N–H and O–H groups in total. The van der Waals surface area contributed by atoms with Gasteiger partial charge < -0.3 is 19.5 Å². The Kier molecular flexibility index (Phi) is 6.38. The summed E-state index contributed by atoms with van der Waals surface area (Å²) in [5.41, 5.74) is 3.85. The SMILES string of the molecule is COc1ccc(N2CC[NH+]([C@@H](c3cc4ccc(C)cc4[nH]c3=O)c3nnnn3C3CCCC3)CC2)cc1. The van der Waals surface area contributed by atoms with Gasteiger partial charge in [-0.05, 0) is 77.5 Å². The number of ether oxygens (including phenoxy) is 1. The monoisotopic (exact) mass is 500 g/mol. The van der Waals surface area contributed by atoms with Gasteiger partial charge in [0.05, 0.1) is 44.9 Å². The van der Waals surface area contributed by atoms with Crippen LogP contribution in [0.15, 0.2) is 53.3 Å². The lowest BCUT2D eigenvalue weighted by molar-refractivity contribution is -0.927. The molecule has 2 aliphatic rings. The molecule has 0 amide bonds. The number of H-pyrrole nitrogens is 1. The Hall–Kier alpha value is -3.72. The zero-order valence-corrected chi connectivity index (χ0v) is 21.5. The maximum absolute atomic E-state index is 13.5. The Morgan fingerprint density at radius 2 is 1.81 bits per heavy atom. The number of fused-ring (bicyclic) bond motifs is 1. The summed E-state index contributed by atoms with van der Waals surface area (Å²) in [7, 11) is 1.69. The summed E-state index contributed by atoms with van der Waals surface area (Å²) in [5.74, 6) is 1.66. The average Bonchev–Trinajstić information content (AvgIpc) is 3.62. The van der Waals surface area contributed by atoms with Gasteiger partial charge in [-0.2, -0.15) is 0 Å². The highest BCUT2D eigenvalue weighted by atomic mass is 16.5. The molecule has 9 nitrogen and oxygen atoms in total. The molecule has 9 heteroatoms. The quantitative estimate of drug-likeness (QED) is 0.423. The van der Waals surface area contributed by atoms with E-state index in [-0.39, 0.29) is 11.6 Å². The van der Waals surface area contributed by atoms with Crippen LogP contribution in [0, 0.1) is 6.92 Å². The van der Waals surface area contributed by atoms with Crippen LogP contribution in [0.4, 0.5) is 5.69 Å². The minimum atomic E-state index is -0.233. The molecule has 1 aliphatic carbocycles. The van der Waals surface area contributed by atoms with Gasteiger partial charge in [0.25, 0.3) is 5.56 Å². The van der Waals surface area contributed by atoms with Gasteiger partial charge in [-0.1, -0.05) is 25.0 Å². The maximum Gasteiger partial charge on any atom is 0.258 e. The highest BCUT2D eigenvalue weighted by Crippen LogP contribution is 2.31. The Morgan fingerprint density at radius 3 is 2.54 bits per heavy atom. The predicted octanol–water partition coefficient (Wildman–Crippen LogP) is 2.44. The second kappa shape index (κ2) is 9.97. The van der Waals surface area contributed by atoms with Crippen LogP contribution in [0.1, 0.15) is 54.7 Å². The van der Waals surface area contributed by atoms with Gasteiger partial charge in [-0.15, -0.1) is 5.10 Å². The van der Waals surface area contributed by atoms with Gasteiger partial charge in [0.15, 0.2) is 6.04 Å². The van der Waals surface area contributed by atoms with Crippen LogP contribution in [-0.4, -0.2) is 58.5 Å². The van der Waals surface area contributed by atoms with E-state index in [1.54, 1.807) is 7.11 Å². The first-order valence-corrected chi connectivity index (χ1v) is 13.3. The molecule has 0 spiro atoms. The minimum absolute atomic E-state index is 0.0610. The molecule has 4 aromatic rings. The molecular weight excluding hydrogens is 466 g/mol. The number of tetrazole rings is 1. The number of aryl methyl sites for hydroxylation is 1. The standard InChI is InChI=1S/C28H33N7O2/c1-19-7-8-20-18-24(28(36)29-25(20)17-19)26(27-30-31-32-35(27)22-5-3-4-6-22)34-15-13-33(14-16-34)21-9-11-23(37-2)12-10-21/h7-12,17-18,22,26H,3-6,13-16H2,1-2H3,(H,29,36)/p+1/t26-/m0/s1. The number of aromatic amines is 1. The van der Waals surface area contributed by atoms with E-state index in [2.05, 4.69) is 55.7 Å². The zero-order chi connectivity index (χ0) is 25.4. The number of benzene rings is 2. The van der Waals surface area contributed by atoms with Gasteiger partial charge in [0.1, 0.15) is 5.75 Å². The molecule has 37 heavy (non-hydrogen) atoms. The third-order valence-electron chi connectivity index (χ3n) is 8.04. The molecule has 2 aromatic carbocycles. The van der Waals surface area contributed by atoms with E-state index in [9.17, 15) is 4.79 Å². The van der Waals surface area contributed by atoms with Crippen molar-refractivity contribution in [2.45, 2.75) is 44.7 Å². The first-order chi connectivity index (χ1) is 18.1. The van der Waals surface area contributed by atoms with E-state index in [0.717, 1.165) is 72.6 Å². The lowest BCUT2D eigenvalue weighted by Gasteiger charge is -2.37. The highest BCUT2D eigenvalue weighted by molar-refractivity contribution is 5.79. The molecule has 1 saturated heterocycles. The van der Waals surface area contributed by atoms with Crippen LogP contribution in [0.3, 0.4) is 0 Å². The Bertz CT molecular complexity index is 1430. The molecule has 1 atom stereocenters. The van der Waals surface area contributed by atoms with Crippen LogP contribution in [0.25, 0.3) is 10.9 Å². The third kappa shape index (κ3) is 4.59. The molecule has 192 valence electrons. The lowest BCUT2D eigenvalue weighted by Crippen LogP contribution is -3.15. The van der Waals surface area contributed by atoms with Crippen molar-refractivity contribution in [2.24, 2.45) is 0 Å². The number of rotatable bonds is 6. The summed E-state index contributed by atoms with van der Waals surface area (Å²) >= 11 is 0. The van der Waals surface area contributed by atoms with Crippen molar-refractivity contribution in [3.8, 4) is 5.75 Å². The van der Waals surface area contributed by atoms with Crippen LogP contribution >= 0.6 is 0 Å². The molecule has 1 aliphatic heterocycles. The van der Waals surface area contributed by atoms with Gasteiger partial charge in [-0.25, -0.2) is 4.68 Å². The zero-order valence-electron chi connectivity index (χ0n) is 21.5. The first-order valence-electron chi connectivity index (χ1n) is 13.3. The fourth-order valence-electron chi connectivity index (χ4n) is 6.02. The summed E-state index contributed by atoms with van der Waals surface area (Å²) in [6, 6.07) is 16.5. The minimum Gasteiger partial charge on any atom is -0.497 e. The number of piperazine rings is 1. The molecule has 1 saturated carbocycles. The van der Waals surface area contributed by atoms with Crippen molar-refractivity contribution in [3.63, 3.8) is 0 Å². The Morgan fingerprint density at radius 1 is 1.05 bits per heavy atom. The van der Waals surface area contributed by atoms with Gasteiger partial charge in [0.2, 0.25) is 5.82 Å². The maximum atomic E-state index is 13.5. The molecule has 2 fully saturated rings. The second-order valence-electron chi connectivity index (χ2n) is 10.3. The van der Waals surface area contributed by atoms with Crippen molar-refractivity contribution in [3.05, 3.63) is 75.8 Å². The number of nitrogens with one attached hydrogen (secondary N) is 2. The van der Waals surface area contributed by atoms with Gasteiger partial charge in [0, 0.05) is 11.2 Å². The Labute approximate surface area is 216 Å². The van der Waals surface area contributed by atoms with Crippen molar-refractivity contribution in [2.75, 3.05) is 38.2 Å². The van der Waals surface area contributed by atoms with Crippen LogP contribution in [0.2, 0.25) is 0 Å². The summed E-state index contributed by atoms with van der Waals surface area (Å²) in [4.78, 5) is 20.4. The molecule has 0 radical (unpaired) electrons. The fourth-order valence-corrected chi connectivity index (χ4v) is 6.02. The van der Waals surface area contributed by atoms with Crippen molar-refractivity contribution < 1.29 is 9.64 Å². The van der Waals surface area contributed by atoms with E-state index >= 15 is 0 Å². The number of quaternary nitrogens is 1. The van der Waals surface area contributed by atoms with E-state index in [1.165, 1.54) is 23.4 Å². The van der Waals surface area contributed by atoms with Crippen molar-refractivity contribution in [1.82, 2.24) is 25.2 Å². The van der Waals surface area contributed by atoms with Crippen molar-refractivity contribution in [1.29, 1.82) is 0 Å².